The highest BCUT2D eigenvalue weighted by molar-refractivity contribution is 5.60. The third-order valence-corrected chi connectivity index (χ3v) is 2.97. The van der Waals surface area contributed by atoms with Crippen molar-refractivity contribution in [2.75, 3.05) is 0 Å². The molecule has 0 amide bonds. The van der Waals surface area contributed by atoms with Crippen molar-refractivity contribution in [2.24, 2.45) is 0 Å². The number of halogens is 1. The normalized spacial score (nSPS) is 11.9. The van der Waals surface area contributed by atoms with Gasteiger partial charge in [0, 0.05) is 11.1 Å². The Kier molecular flexibility index (Phi) is 3.41. The van der Waals surface area contributed by atoms with Gasteiger partial charge in [-0.1, -0.05) is 0 Å². The van der Waals surface area contributed by atoms with E-state index in [1.807, 2.05) is 32.3 Å². The van der Waals surface area contributed by atoms with Crippen molar-refractivity contribution in [3.63, 3.8) is 0 Å². The number of aliphatic hydroxyl groups is 1. The molecule has 2 rings (SSSR count). The molecule has 1 N–H and O–H groups in total. The predicted molar refractivity (Wildman–Crippen MR) is 71.1 cm³/mol. The van der Waals surface area contributed by atoms with Gasteiger partial charge in [-0.25, -0.2) is 4.39 Å². The average Bonchev–Trinajstić information content (AvgIpc) is 2.72. The maximum Gasteiger partial charge on any atom is 0.164 e. The average molecular weight is 263 g/mol. The molecular formula is C14H18FN3O. The van der Waals surface area contributed by atoms with E-state index in [1.165, 1.54) is 12.1 Å². The molecule has 5 heteroatoms. The van der Waals surface area contributed by atoms with Crippen molar-refractivity contribution >= 4 is 0 Å². The first-order chi connectivity index (χ1) is 8.84. The van der Waals surface area contributed by atoms with E-state index in [-0.39, 0.29) is 18.0 Å². The second-order valence-corrected chi connectivity index (χ2v) is 5.56. The SMILES string of the molecule is Cc1cc(F)ccc1-c1nnc(CO)n1C(C)(C)C. The number of nitrogens with zero attached hydrogens (tertiary/aromatic N) is 3. The molecular weight excluding hydrogens is 245 g/mol. The van der Waals surface area contributed by atoms with E-state index in [0.29, 0.717) is 11.6 Å². The van der Waals surface area contributed by atoms with Crippen LogP contribution in [-0.2, 0) is 12.1 Å². The highest BCUT2D eigenvalue weighted by atomic mass is 19.1. The topological polar surface area (TPSA) is 50.9 Å². The van der Waals surface area contributed by atoms with Crippen molar-refractivity contribution < 1.29 is 9.50 Å². The van der Waals surface area contributed by atoms with E-state index < -0.39 is 0 Å². The predicted octanol–water partition coefficient (Wildman–Crippen LogP) is 2.64. The minimum absolute atomic E-state index is 0.176. The molecule has 19 heavy (non-hydrogen) atoms. The number of aromatic nitrogens is 3. The summed E-state index contributed by atoms with van der Waals surface area (Å²) in [6, 6.07) is 4.57. The lowest BCUT2D eigenvalue weighted by atomic mass is 10.0. The van der Waals surface area contributed by atoms with E-state index in [4.69, 9.17) is 0 Å². The van der Waals surface area contributed by atoms with E-state index in [1.54, 1.807) is 6.07 Å². The van der Waals surface area contributed by atoms with E-state index in [2.05, 4.69) is 10.2 Å². The Morgan fingerprint density at radius 3 is 2.47 bits per heavy atom. The number of benzene rings is 1. The number of rotatable bonds is 2. The van der Waals surface area contributed by atoms with Gasteiger partial charge in [0.1, 0.15) is 12.4 Å². The Hall–Kier alpha value is -1.75. The summed E-state index contributed by atoms with van der Waals surface area (Å²) in [5.74, 6) is 0.880. The number of aliphatic hydroxyl groups excluding tert-OH is 1. The molecule has 102 valence electrons. The molecule has 1 heterocycles. The van der Waals surface area contributed by atoms with Gasteiger partial charge in [0.05, 0.1) is 0 Å². The first kappa shape index (κ1) is 13.7. The molecule has 0 bridgehead atoms. The van der Waals surface area contributed by atoms with E-state index in [0.717, 1.165) is 11.1 Å². The van der Waals surface area contributed by atoms with Gasteiger partial charge in [0.15, 0.2) is 11.6 Å². The molecule has 0 saturated heterocycles. The largest absolute Gasteiger partial charge is 0.388 e. The quantitative estimate of drug-likeness (QED) is 0.906. The third kappa shape index (κ3) is 2.51. The molecule has 0 saturated carbocycles. The molecule has 0 radical (unpaired) electrons. The number of aryl methyl sites for hydroxylation is 1. The molecule has 4 nitrogen and oxygen atoms in total. The minimum atomic E-state index is -0.273. The van der Waals surface area contributed by atoms with Crippen LogP contribution in [0.5, 0.6) is 0 Å². The second kappa shape index (κ2) is 4.74. The van der Waals surface area contributed by atoms with E-state index in [9.17, 15) is 9.50 Å². The lowest BCUT2D eigenvalue weighted by Crippen LogP contribution is -2.25. The van der Waals surface area contributed by atoms with Gasteiger partial charge in [-0.2, -0.15) is 0 Å². The fraction of sp³-hybridized carbons (Fsp3) is 0.429. The van der Waals surface area contributed by atoms with Crippen LogP contribution in [0, 0.1) is 12.7 Å². The molecule has 1 aromatic carbocycles. The zero-order valence-corrected chi connectivity index (χ0v) is 11.6. The van der Waals surface area contributed by atoms with Crippen LogP contribution in [0.25, 0.3) is 11.4 Å². The van der Waals surface area contributed by atoms with Crippen molar-refractivity contribution in [1.82, 2.24) is 14.8 Å². The number of hydrogen-bond acceptors (Lipinski definition) is 3. The van der Waals surface area contributed by atoms with Crippen molar-refractivity contribution in [2.45, 2.75) is 39.8 Å². The summed E-state index contributed by atoms with van der Waals surface area (Å²) in [6.45, 7) is 7.69. The summed E-state index contributed by atoms with van der Waals surface area (Å²) >= 11 is 0. The van der Waals surface area contributed by atoms with Gasteiger partial charge >= 0.3 is 0 Å². The molecule has 0 atom stereocenters. The zero-order valence-electron chi connectivity index (χ0n) is 11.6. The standard InChI is InChI=1S/C14H18FN3O/c1-9-7-10(15)5-6-11(9)13-17-16-12(8-19)18(13)14(2,3)4/h5-7,19H,8H2,1-4H3. The third-order valence-electron chi connectivity index (χ3n) is 2.97. The lowest BCUT2D eigenvalue weighted by Gasteiger charge is -2.25. The molecule has 1 aromatic heterocycles. The molecule has 0 aliphatic rings. The summed E-state index contributed by atoms with van der Waals surface area (Å²) < 4.78 is 15.1. The first-order valence-corrected chi connectivity index (χ1v) is 6.16. The van der Waals surface area contributed by atoms with Crippen LogP contribution in [-0.4, -0.2) is 19.9 Å². The van der Waals surface area contributed by atoms with Gasteiger partial charge in [0.2, 0.25) is 0 Å². The van der Waals surface area contributed by atoms with Gasteiger partial charge in [-0.05, 0) is 51.5 Å². The summed E-state index contributed by atoms with van der Waals surface area (Å²) in [5.41, 5.74) is 1.35. The molecule has 0 aliphatic heterocycles. The van der Waals surface area contributed by atoms with Crippen LogP contribution >= 0.6 is 0 Å². The van der Waals surface area contributed by atoms with Crippen LogP contribution in [0.2, 0.25) is 0 Å². The Balaban J connectivity index is 2.66. The van der Waals surface area contributed by atoms with Gasteiger partial charge in [-0.15, -0.1) is 10.2 Å². The van der Waals surface area contributed by atoms with Crippen LogP contribution in [0.15, 0.2) is 18.2 Å². The lowest BCUT2D eigenvalue weighted by molar-refractivity contribution is 0.250. The highest BCUT2D eigenvalue weighted by Gasteiger charge is 2.24. The molecule has 0 aliphatic carbocycles. The maximum atomic E-state index is 13.2. The minimum Gasteiger partial charge on any atom is -0.388 e. The Bertz CT molecular complexity index is 599. The summed E-state index contributed by atoms with van der Waals surface area (Å²) in [6.07, 6.45) is 0. The van der Waals surface area contributed by atoms with E-state index >= 15 is 0 Å². The Morgan fingerprint density at radius 2 is 1.95 bits per heavy atom. The van der Waals surface area contributed by atoms with Crippen LogP contribution in [0.1, 0.15) is 32.2 Å². The van der Waals surface area contributed by atoms with Crippen LogP contribution in [0.3, 0.4) is 0 Å². The first-order valence-electron chi connectivity index (χ1n) is 6.16. The van der Waals surface area contributed by atoms with Crippen LogP contribution in [0.4, 0.5) is 4.39 Å². The van der Waals surface area contributed by atoms with Crippen molar-refractivity contribution in [1.29, 1.82) is 0 Å². The second-order valence-electron chi connectivity index (χ2n) is 5.56. The molecule has 0 fully saturated rings. The molecule has 0 spiro atoms. The molecule has 0 unspecified atom stereocenters. The summed E-state index contributed by atoms with van der Waals surface area (Å²) in [7, 11) is 0. The summed E-state index contributed by atoms with van der Waals surface area (Å²) in [5, 5.41) is 17.5. The van der Waals surface area contributed by atoms with Crippen molar-refractivity contribution in [3.05, 3.63) is 35.4 Å². The summed E-state index contributed by atoms with van der Waals surface area (Å²) in [4.78, 5) is 0. The highest BCUT2D eigenvalue weighted by Crippen LogP contribution is 2.28. The Morgan fingerprint density at radius 1 is 1.26 bits per heavy atom. The Labute approximate surface area is 111 Å². The fourth-order valence-corrected chi connectivity index (χ4v) is 2.18. The van der Waals surface area contributed by atoms with Crippen molar-refractivity contribution in [3.8, 4) is 11.4 Å². The smallest absolute Gasteiger partial charge is 0.164 e. The van der Waals surface area contributed by atoms with Crippen LogP contribution < -0.4 is 0 Å². The van der Waals surface area contributed by atoms with Gasteiger partial charge in [0.25, 0.3) is 0 Å². The molecule has 2 aromatic rings. The number of hydrogen-bond donors (Lipinski definition) is 1. The zero-order chi connectivity index (χ0) is 14.2. The fourth-order valence-electron chi connectivity index (χ4n) is 2.18. The maximum absolute atomic E-state index is 13.2. The van der Waals surface area contributed by atoms with Gasteiger partial charge < -0.3 is 9.67 Å². The van der Waals surface area contributed by atoms with Gasteiger partial charge in [-0.3, -0.25) is 0 Å². The monoisotopic (exact) mass is 263 g/mol.